The second-order valence-corrected chi connectivity index (χ2v) is 4.10. The van der Waals surface area contributed by atoms with Crippen molar-refractivity contribution in [3.63, 3.8) is 0 Å². The van der Waals surface area contributed by atoms with Gasteiger partial charge in [0, 0.05) is 18.7 Å². The molecule has 0 bridgehead atoms. The molecule has 72 valence electrons. The van der Waals surface area contributed by atoms with E-state index in [-0.39, 0.29) is 0 Å². The Hall–Kier alpha value is -0.790. The van der Waals surface area contributed by atoms with Gasteiger partial charge in [0.15, 0.2) is 0 Å². The number of nitrogens with zero attached hydrogens (tertiary/aromatic N) is 2. The van der Waals surface area contributed by atoms with Crippen molar-refractivity contribution in [1.82, 2.24) is 9.78 Å². The maximum Gasteiger partial charge on any atom is 0.0687 e. The summed E-state index contributed by atoms with van der Waals surface area (Å²) in [6.07, 6.45) is 5.01. The minimum atomic E-state index is 0.632. The van der Waals surface area contributed by atoms with Gasteiger partial charge in [0.1, 0.15) is 0 Å². The van der Waals surface area contributed by atoms with Gasteiger partial charge in [-0.2, -0.15) is 5.10 Å². The summed E-state index contributed by atoms with van der Waals surface area (Å²) in [5, 5.41) is 4.62. The topological polar surface area (TPSA) is 17.8 Å². The summed E-state index contributed by atoms with van der Waals surface area (Å²) in [6, 6.07) is 0. The van der Waals surface area contributed by atoms with Gasteiger partial charge >= 0.3 is 0 Å². The Balaban J connectivity index is 2.42. The first-order chi connectivity index (χ1) is 6.24. The van der Waals surface area contributed by atoms with Gasteiger partial charge in [-0.05, 0) is 31.2 Å². The van der Waals surface area contributed by atoms with E-state index in [0.29, 0.717) is 5.92 Å². The molecule has 2 nitrogen and oxygen atoms in total. The fourth-order valence-corrected chi connectivity index (χ4v) is 2.23. The smallest absolute Gasteiger partial charge is 0.0687 e. The van der Waals surface area contributed by atoms with E-state index in [4.69, 9.17) is 0 Å². The van der Waals surface area contributed by atoms with Crippen LogP contribution in [0.25, 0.3) is 0 Å². The Morgan fingerprint density at radius 3 is 2.92 bits per heavy atom. The quantitative estimate of drug-likeness (QED) is 0.680. The van der Waals surface area contributed by atoms with Crippen molar-refractivity contribution in [3.8, 4) is 0 Å². The number of fused-ring (bicyclic) bond motifs is 1. The first-order valence-corrected chi connectivity index (χ1v) is 5.28. The summed E-state index contributed by atoms with van der Waals surface area (Å²) >= 11 is 0. The Kier molecular flexibility index (Phi) is 2.14. The summed E-state index contributed by atoms with van der Waals surface area (Å²) in [7, 11) is 2.08. The number of aromatic nitrogens is 2. The Bertz CT molecular complexity index is 312. The molecule has 1 aliphatic rings. The lowest BCUT2D eigenvalue weighted by molar-refractivity contribution is 0.640. The van der Waals surface area contributed by atoms with Crippen LogP contribution in [0, 0.1) is 0 Å². The van der Waals surface area contributed by atoms with Crippen LogP contribution >= 0.6 is 0 Å². The van der Waals surface area contributed by atoms with E-state index < -0.39 is 0 Å². The Morgan fingerprint density at radius 1 is 1.46 bits per heavy atom. The van der Waals surface area contributed by atoms with Crippen LogP contribution < -0.4 is 0 Å². The number of hydrogen-bond donors (Lipinski definition) is 0. The maximum absolute atomic E-state index is 4.62. The molecule has 1 aromatic rings. The van der Waals surface area contributed by atoms with E-state index in [1.165, 1.54) is 37.1 Å². The molecule has 0 saturated heterocycles. The summed E-state index contributed by atoms with van der Waals surface area (Å²) in [5.41, 5.74) is 4.39. The van der Waals surface area contributed by atoms with E-state index in [1.807, 2.05) is 0 Å². The van der Waals surface area contributed by atoms with Crippen LogP contribution in [0.4, 0.5) is 0 Å². The van der Waals surface area contributed by atoms with Gasteiger partial charge in [0.25, 0.3) is 0 Å². The predicted octanol–water partition coefficient (Wildman–Crippen LogP) is 2.42. The molecule has 13 heavy (non-hydrogen) atoms. The first-order valence-electron chi connectivity index (χ1n) is 5.28. The largest absolute Gasteiger partial charge is 0.272 e. The fourth-order valence-electron chi connectivity index (χ4n) is 2.23. The van der Waals surface area contributed by atoms with Crippen LogP contribution in [-0.4, -0.2) is 9.78 Å². The van der Waals surface area contributed by atoms with E-state index in [9.17, 15) is 0 Å². The highest BCUT2D eigenvalue weighted by atomic mass is 15.3. The molecule has 1 aliphatic carbocycles. The number of aryl methyl sites for hydroxylation is 1. The van der Waals surface area contributed by atoms with Crippen molar-refractivity contribution in [2.75, 3.05) is 0 Å². The maximum atomic E-state index is 4.62. The molecule has 0 amide bonds. The number of hydrogen-bond acceptors (Lipinski definition) is 1. The zero-order valence-corrected chi connectivity index (χ0v) is 8.80. The molecule has 2 rings (SSSR count). The van der Waals surface area contributed by atoms with Gasteiger partial charge < -0.3 is 0 Å². The lowest BCUT2D eigenvalue weighted by Crippen LogP contribution is -1.99. The van der Waals surface area contributed by atoms with Crippen LogP contribution in [-0.2, 0) is 19.9 Å². The molecule has 0 aromatic carbocycles. The van der Waals surface area contributed by atoms with Gasteiger partial charge in [-0.25, -0.2) is 0 Å². The van der Waals surface area contributed by atoms with E-state index in [0.717, 1.165) is 0 Å². The molecule has 0 aliphatic heterocycles. The van der Waals surface area contributed by atoms with E-state index >= 15 is 0 Å². The highest BCUT2D eigenvalue weighted by Gasteiger charge is 2.22. The average molecular weight is 178 g/mol. The summed E-state index contributed by atoms with van der Waals surface area (Å²) in [6.45, 7) is 4.52. The van der Waals surface area contributed by atoms with Gasteiger partial charge in [0.05, 0.1) is 5.69 Å². The fraction of sp³-hybridized carbons (Fsp3) is 0.727. The number of rotatable bonds is 2. The van der Waals surface area contributed by atoms with Gasteiger partial charge in [-0.15, -0.1) is 0 Å². The third-order valence-corrected chi connectivity index (χ3v) is 3.23. The van der Waals surface area contributed by atoms with Crippen LogP contribution in [0.15, 0.2) is 0 Å². The Labute approximate surface area is 80.0 Å². The minimum Gasteiger partial charge on any atom is -0.272 e. The van der Waals surface area contributed by atoms with Crippen LogP contribution in [0.2, 0.25) is 0 Å². The van der Waals surface area contributed by atoms with E-state index in [2.05, 4.69) is 30.7 Å². The highest BCUT2D eigenvalue weighted by Crippen LogP contribution is 2.30. The van der Waals surface area contributed by atoms with Crippen LogP contribution in [0.3, 0.4) is 0 Å². The third kappa shape index (κ3) is 1.28. The molecule has 0 spiro atoms. The normalized spacial score (nSPS) is 17.5. The molecular weight excluding hydrogens is 160 g/mol. The predicted molar refractivity (Wildman–Crippen MR) is 53.9 cm³/mol. The third-order valence-electron chi connectivity index (χ3n) is 3.23. The molecule has 1 atom stereocenters. The van der Waals surface area contributed by atoms with Crippen molar-refractivity contribution in [3.05, 3.63) is 17.0 Å². The van der Waals surface area contributed by atoms with Crippen LogP contribution in [0.5, 0.6) is 0 Å². The monoisotopic (exact) mass is 178 g/mol. The molecule has 0 N–H and O–H groups in total. The Morgan fingerprint density at radius 2 is 2.23 bits per heavy atom. The van der Waals surface area contributed by atoms with E-state index in [1.54, 1.807) is 5.56 Å². The second-order valence-electron chi connectivity index (χ2n) is 4.10. The van der Waals surface area contributed by atoms with Crippen molar-refractivity contribution in [2.24, 2.45) is 7.05 Å². The first kappa shape index (κ1) is 8.79. The van der Waals surface area contributed by atoms with Gasteiger partial charge in [0.2, 0.25) is 0 Å². The SMILES string of the molecule is CCC(C)c1nn(C)c2c1CCC2. The molecule has 0 radical (unpaired) electrons. The zero-order valence-electron chi connectivity index (χ0n) is 8.80. The van der Waals surface area contributed by atoms with Crippen molar-refractivity contribution >= 4 is 0 Å². The van der Waals surface area contributed by atoms with Gasteiger partial charge in [-0.3, -0.25) is 4.68 Å². The second kappa shape index (κ2) is 3.17. The van der Waals surface area contributed by atoms with Crippen LogP contribution in [0.1, 0.15) is 49.6 Å². The molecule has 0 fully saturated rings. The standard InChI is InChI=1S/C11H18N2/c1-4-8(2)11-9-6-5-7-10(9)13(3)12-11/h8H,4-7H2,1-3H3. The lowest BCUT2D eigenvalue weighted by Gasteiger charge is -2.05. The molecule has 1 unspecified atom stereocenters. The highest BCUT2D eigenvalue weighted by molar-refractivity contribution is 5.32. The molecule has 2 heteroatoms. The zero-order chi connectivity index (χ0) is 9.42. The summed E-state index contributed by atoms with van der Waals surface area (Å²) in [4.78, 5) is 0. The molecule has 1 heterocycles. The molecule has 1 aromatic heterocycles. The van der Waals surface area contributed by atoms with Crippen molar-refractivity contribution in [1.29, 1.82) is 0 Å². The van der Waals surface area contributed by atoms with Crippen molar-refractivity contribution in [2.45, 2.75) is 45.4 Å². The van der Waals surface area contributed by atoms with Gasteiger partial charge in [-0.1, -0.05) is 13.8 Å². The molecule has 0 saturated carbocycles. The lowest BCUT2D eigenvalue weighted by atomic mass is 10.0. The summed E-state index contributed by atoms with van der Waals surface area (Å²) < 4.78 is 2.09. The molecular formula is C11H18N2. The summed E-state index contributed by atoms with van der Waals surface area (Å²) in [5.74, 6) is 0.632. The van der Waals surface area contributed by atoms with Crippen molar-refractivity contribution < 1.29 is 0 Å². The minimum absolute atomic E-state index is 0.632. The average Bonchev–Trinajstić information content (AvgIpc) is 2.68.